The highest BCUT2D eigenvalue weighted by molar-refractivity contribution is 5.97. The van der Waals surface area contributed by atoms with Crippen molar-refractivity contribution in [1.29, 1.82) is 0 Å². The molecule has 2 amide bonds. The third-order valence-electron chi connectivity index (χ3n) is 7.81. The maximum absolute atomic E-state index is 13.7. The lowest BCUT2D eigenvalue weighted by atomic mass is 9.86. The number of nitrogens with zero attached hydrogens (tertiary/aromatic N) is 3. The number of carbonyl (C=O) groups is 2. The van der Waals surface area contributed by atoms with Gasteiger partial charge in [-0.2, -0.15) is 0 Å². The Bertz CT molecular complexity index is 1180. The molecule has 0 spiro atoms. The average molecular weight is 473 g/mol. The van der Waals surface area contributed by atoms with Crippen LogP contribution < -0.4 is 0 Å². The van der Waals surface area contributed by atoms with Gasteiger partial charge < -0.3 is 19.7 Å². The minimum atomic E-state index is -0.419. The Morgan fingerprint density at radius 2 is 1.74 bits per heavy atom. The lowest BCUT2D eigenvalue weighted by Gasteiger charge is -2.47. The molecule has 35 heavy (non-hydrogen) atoms. The summed E-state index contributed by atoms with van der Waals surface area (Å²) in [7, 11) is 0. The summed E-state index contributed by atoms with van der Waals surface area (Å²) in [6.07, 6.45) is 3.13. The molecule has 0 bridgehead atoms. The van der Waals surface area contributed by atoms with E-state index < -0.39 is 6.04 Å². The van der Waals surface area contributed by atoms with Crippen molar-refractivity contribution >= 4 is 22.7 Å². The van der Waals surface area contributed by atoms with Crippen LogP contribution in [0.3, 0.4) is 0 Å². The Morgan fingerprint density at radius 3 is 2.51 bits per heavy atom. The average Bonchev–Trinajstić information content (AvgIpc) is 3.26. The highest BCUT2D eigenvalue weighted by atomic mass is 16.2. The molecule has 2 atom stereocenters. The van der Waals surface area contributed by atoms with Crippen LogP contribution >= 0.6 is 0 Å². The zero-order chi connectivity index (χ0) is 24.4. The highest BCUT2D eigenvalue weighted by Gasteiger charge is 2.47. The lowest BCUT2D eigenvalue weighted by Crippen LogP contribution is -2.63. The minimum Gasteiger partial charge on any atom is -0.356 e. The van der Waals surface area contributed by atoms with Crippen LogP contribution in [0.25, 0.3) is 10.9 Å². The number of aromatic nitrogens is 1. The second-order valence-corrected chi connectivity index (χ2v) is 9.76. The normalized spacial score (nSPS) is 20.0. The van der Waals surface area contributed by atoms with Gasteiger partial charge in [-0.05, 0) is 56.1 Å². The maximum atomic E-state index is 13.7. The fourth-order valence-corrected chi connectivity index (χ4v) is 5.91. The second kappa shape index (κ2) is 10.2. The van der Waals surface area contributed by atoms with Gasteiger partial charge in [0.15, 0.2) is 0 Å². The van der Waals surface area contributed by atoms with Crippen molar-refractivity contribution in [1.82, 2.24) is 19.7 Å². The van der Waals surface area contributed by atoms with Crippen LogP contribution in [0.4, 0.5) is 0 Å². The first-order valence-electron chi connectivity index (χ1n) is 13.1. The van der Waals surface area contributed by atoms with E-state index in [1.165, 1.54) is 16.5 Å². The molecule has 0 radical (unpaired) electrons. The number of H-pyrrole nitrogens is 1. The van der Waals surface area contributed by atoms with Crippen molar-refractivity contribution in [3.05, 3.63) is 71.4 Å². The number of rotatable bonds is 9. The summed E-state index contributed by atoms with van der Waals surface area (Å²) in [4.78, 5) is 37.0. The predicted octanol–water partition coefficient (Wildman–Crippen LogP) is 4.17. The molecule has 0 saturated carbocycles. The summed E-state index contributed by atoms with van der Waals surface area (Å²) in [5.74, 6) is 0.171. The molecule has 2 aliphatic rings. The fraction of sp³-hybridized carbons (Fsp3) is 0.448. The number of para-hydroxylation sites is 1. The molecule has 1 fully saturated rings. The van der Waals surface area contributed by atoms with Crippen LogP contribution in [-0.2, 0) is 22.4 Å². The number of carbonyl (C=O) groups excluding carboxylic acids is 2. The number of aromatic amines is 1. The predicted molar refractivity (Wildman–Crippen MR) is 139 cm³/mol. The van der Waals surface area contributed by atoms with Gasteiger partial charge in [-0.25, -0.2) is 0 Å². The van der Waals surface area contributed by atoms with E-state index in [0.717, 1.165) is 50.1 Å². The Labute approximate surface area is 207 Å². The summed E-state index contributed by atoms with van der Waals surface area (Å²) in [6.45, 7) is 8.11. The number of hydrogen-bond donors (Lipinski definition) is 1. The first kappa shape index (κ1) is 23.6. The molecule has 1 N–H and O–H groups in total. The maximum Gasteiger partial charge on any atom is 0.246 e. The Kier molecular flexibility index (Phi) is 6.91. The van der Waals surface area contributed by atoms with Crippen LogP contribution in [0.2, 0.25) is 0 Å². The van der Waals surface area contributed by atoms with E-state index >= 15 is 0 Å². The molecule has 5 rings (SSSR count). The van der Waals surface area contributed by atoms with Gasteiger partial charge in [-0.3, -0.25) is 9.59 Å². The van der Waals surface area contributed by atoms with Gasteiger partial charge in [0.1, 0.15) is 6.04 Å². The van der Waals surface area contributed by atoms with Crippen LogP contribution in [0, 0.1) is 0 Å². The third kappa shape index (κ3) is 4.59. The van der Waals surface area contributed by atoms with Crippen LogP contribution in [0.5, 0.6) is 0 Å². The topological polar surface area (TPSA) is 59.6 Å². The number of fused-ring (bicyclic) bond motifs is 4. The Balaban J connectivity index is 1.42. The van der Waals surface area contributed by atoms with Crippen LogP contribution in [-0.4, -0.2) is 70.3 Å². The summed E-state index contributed by atoms with van der Waals surface area (Å²) in [6, 6.07) is 18.2. The van der Waals surface area contributed by atoms with Crippen molar-refractivity contribution in [2.24, 2.45) is 0 Å². The standard InChI is InChI=1S/C29H36N4O2/c1-3-31(4-2)17-10-18-32-20-27(34)33-25(16-15-21-11-6-5-7-12-21)28-23(19-26(33)29(32)35)22-13-8-9-14-24(22)30-28/h5-9,11-14,25-26,30H,3-4,10,15-20H2,1-2H3/t25?,26-/m1/s1. The Hall–Kier alpha value is -3.12. The SMILES string of the molecule is CCN(CC)CCCN1CC(=O)N2C(CCc3ccccc3)c3[nH]c4ccccc4c3C[C@@H]2C1=O. The zero-order valence-electron chi connectivity index (χ0n) is 20.9. The highest BCUT2D eigenvalue weighted by Crippen LogP contribution is 2.41. The van der Waals surface area contributed by atoms with E-state index in [1.807, 2.05) is 17.0 Å². The summed E-state index contributed by atoms with van der Waals surface area (Å²) in [5, 5.41) is 1.17. The molecule has 3 aromatic rings. The molecule has 1 aromatic heterocycles. The van der Waals surface area contributed by atoms with Gasteiger partial charge in [0, 0.05) is 29.6 Å². The molecule has 2 aromatic carbocycles. The second-order valence-electron chi connectivity index (χ2n) is 9.76. The molecule has 0 aliphatic carbocycles. The Morgan fingerprint density at radius 1 is 1.00 bits per heavy atom. The van der Waals surface area contributed by atoms with E-state index in [1.54, 1.807) is 4.90 Å². The summed E-state index contributed by atoms with van der Waals surface area (Å²) < 4.78 is 0. The smallest absolute Gasteiger partial charge is 0.246 e. The largest absolute Gasteiger partial charge is 0.356 e. The fourth-order valence-electron chi connectivity index (χ4n) is 5.91. The molecule has 6 nitrogen and oxygen atoms in total. The first-order chi connectivity index (χ1) is 17.1. The monoisotopic (exact) mass is 472 g/mol. The van der Waals surface area contributed by atoms with E-state index in [9.17, 15) is 9.59 Å². The molecular formula is C29H36N4O2. The van der Waals surface area contributed by atoms with Crippen LogP contribution in [0.1, 0.15) is 49.6 Å². The number of nitrogens with one attached hydrogen (secondary N) is 1. The van der Waals surface area contributed by atoms with Gasteiger partial charge in [-0.1, -0.05) is 62.4 Å². The number of aryl methyl sites for hydroxylation is 1. The molecule has 184 valence electrons. The van der Waals surface area contributed by atoms with Gasteiger partial charge in [0.25, 0.3) is 0 Å². The summed E-state index contributed by atoms with van der Waals surface area (Å²) >= 11 is 0. The van der Waals surface area contributed by atoms with Gasteiger partial charge in [-0.15, -0.1) is 0 Å². The lowest BCUT2D eigenvalue weighted by molar-refractivity contribution is -0.160. The van der Waals surface area contributed by atoms with Crippen molar-refractivity contribution in [2.75, 3.05) is 32.7 Å². The number of hydrogen-bond acceptors (Lipinski definition) is 3. The van der Waals surface area contributed by atoms with Gasteiger partial charge in [0.05, 0.1) is 12.6 Å². The zero-order valence-corrected chi connectivity index (χ0v) is 20.9. The van der Waals surface area contributed by atoms with Gasteiger partial charge in [0.2, 0.25) is 11.8 Å². The van der Waals surface area contributed by atoms with E-state index in [0.29, 0.717) is 13.0 Å². The molecule has 2 aliphatic heterocycles. The van der Waals surface area contributed by atoms with E-state index in [-0.39, 0.29) is 24.4 Å². The van der Waals surface area contributed by atoms with Crippen molar-refractivity contribution in [2.45, 2.75) is 51.6 Å². The van der Waals surface area contributed by atoms with Crippen molar-refractivity contribution in [3.8, 4) is 0 Å². The third-order valence-corrected chi connectivity index (χ3v) is 7.81. The first-order valence-corrected chi connectivity index (χ1v) is 13.1. The molecule has 1 unspecified atom stereocenters. The number of piperazine rings is 1. The summed E-state index contributed by atoms with van der Waals surface area (Å²) in [5.41, 5.74) is 4.64. The molecule has 6 heteroatoms. The molecule has 3 heterocycles. The van der Waals surface area contributed by atoms with E-state index in [4.69, 9.17) is 0 Å². The molecular weight excluding hydrogens is 436 g/mol. The van der Waals surface area contributed by atoms with Gasteiger partial charge >= 0.3 is 0 Å². The van der Waals surface area contributed by atoms with Crippen molar-refractivity contribution in [3.63, 3.8) is 0 Å². The molecule has 1 saturated heterocycles. The minimum absolute atomic E-state index is 0.0693. The van der Waals surface area contributed by atoms with Crippen LogP contribution in [0.15, 0.2) is 54.6 Å². The van der Waals surface area contributed by atoms with E-state index in [2.05, 4.69) is 66.2 Å². The number of benzene rings is 2. The number of amides is 2. The van der Waals surface area contributed by atoms with Crippen molar-refractivity contribution < 1.29 is 9.59 Å². The quantitative estimate of drug-likeness (QED) is 0.509.